The number of hydrogen-bond donors (Lipinski definition) is 0. The van der Waals surface area contributed by atoms with Crippen LogP contribution in [0.3, 0.4) is 0 Å². The van der Waals surface area contributed by atoms with Gasteiger partial charge in [-0.2, -0.15) is 0 Å². The predicted octanol–water partition coefficient (Wildman–Crippen LogP) is 4.08. The van der Waals surface area contributed by atoms with Crippen LogP contribution < -0.4 is 0 Å². The topological polar surface area (TPSA) is 49.9 Å². The highest BCUT2D eigenvalue weighted by Gasteiger charge is 2.26. The maximum Gasteiger partial charge on any atom is 0.410 e. The van der Waals surface area contributed by atoms with Crippen molar-refractivity contribution in [3.8, 4) is 0 Å². The molecule has 1 aliphatic heterocycles. The van der Waals surface area contributed by atoms with E-state index in [0.29, 0.717) is 19.6 Å². The molecule has 0 atom stereocenters. The van der Waals surface area contributed by atoms with Crippen molar-refractivity contribution in [2.24, 2.45) is 5.92 Å². The largest absolute Gasteiger partial charge is 0.444 e. The molecule has 5 nitrogen and oxygen atoms in total. The van der Waals surface area contributed by atoms with Crippen LogP contribution in [0.15, 0.2) is 24.3 Å². The van der Waals surface area contributed by atoms with E-state index >= 15 is 0 Å². The molecule has 0 unspecified atom stereocenters. The lowest BCUT2D eigenvalue weighted by Gasteiger charge is -2.34. The normalized spacial score (nSPS) is 15.7. The van der Waals surface area contributed by atoms with Crippen molar-refractivity contribution in [3.63, 3.8) is 0 Å². The highest BCUT2D eigenvalue weighted by atomic mass is 19.1. The molecule has 0 aromatic heterocycles. The zero-order chi connectivity index (χ0) is 20.9. The summed E-state index contributed by atoms with van der Waals surface area (Å²) in [6, 6.07) is 3.59. The summed E-state index contributed by atoms with van der Waals surface area (Å²) in [6.07, 6.45) is 3.52. The van der Waals surface area contributed by atoms with Crippen LogP contribution in [0, 0.1) is 17.6 Å². The fraction of sp³-hybridized carbons (Fsp3) is 0.524. The molecule has 0 aliphatic carbocycles. The van der Waals surface area contributed by atoms with Crippen LogP contribution >= 0.6 is 0 Å². The first-order valence-electron chi connectivity index (χ1n) is 9.42. The number of amides is 2. The average Bonchev–Trinajstić information content (AvgIpc) is 2.60. The lowest BCUT2D eigenvalue weighted by Crippen LogP contribution is -2.42. The Morgan fingerprint density at radius 3 is 2.32 bits per heavy atom. The van der Waals surface area contributed by atoms with E-state index in [1.54, 1.807) is 16.8 Å². The molecule has 7 heteroatoms. The van der Waals surface area contributed by atoms with Gasteiger partial charge in [0, 0.05) is 38.3 Å². The molecule has 0 N–H and O–H groups in total. The monoisotopic (exact) mass is 394 g/mol. The smallest absolute Gasteiger partial charge is 0.410 e. The van der Waals surface area contributed by atoms with Gasteiger partial charge < -0.3 is 14.5 Å². The van der Waals surface area contributed by atoms with Crippen molar-refractivity contribution in [2.45, 2.75) is 39.2 Å². The van der Waals surface area contributed by atoms with Gasteiger partial charge in [0.1, 0.15) is 17.2 Å². The van der Waals surface area contributed by atoms with Crippen LogP contribution in [0.25, 0.3) is 6.08 Å². The first kappa shape index (κ1) is 21.9. The van der Waals surface area contributed by atoms with Gasteiger partial charge >= 0.3 is 6.09 Å². The van der Waals surface area contributed by atoms with E-state index < -0.39 is 17.2 Å². The number of carbonyl (C=O) groups excluding carboxylic acids is 2. The molecular formula is C21H28F2N2O3. The molecular weight excluding hydrogens is 366 g/mol. The minimum absolute atomic E-state index is 0.218. The fourth-order valence-corrected chi connectivity index (χ4v) is 3.07. The summed E-state index contributed by atoms with van der Waals surface area (Å²) >= 11 is 0. The van der Waals surface area contributed by atoms with Crippen molar-refractivity contribution in [3.05, 3.63) is 41.5 Å². The maximum absolute atomic E-state index is 13.6. The summed E-state index contributed by atoms with van der Waals surface area (Å²) < 4.78 is 32.6. The number of rotatable bonds is 4. The number of halogens is 2. The zero-order valence-corrected chi connectivity index (χ0v) is 16.9. The quantitative estimate of drug-likeness (QED) is 0.723. The number of ether oxygens (including phenoxy) is 1. The number of hydrogen-bond acceptors (Lipinski definition) is 3. The molecule has 0 bridgehead atoms. The van der Waals surface area contributed by atoms with Gasteiger partial charge in [-0.3, -0.25) is 4.79 Å². The van der Waals surface area contributed by atoms with Gasteiger partial charge in [0.05, 0.1) is 0 Å². The first-order chi connectivity index (χ1) is 13.1. The minimum Gasteiger partial charge on any atom is -0.444 e. The predicted molar refractivity (Wildman–Crippen MR) is 104 cm³/mol. The van der Waals surface area contributed by atoms with Crippen LogP contribution in [-0.4, -0.2) is 54.1 Å². The Balaban J connectivity index is 1.84. The third-order valence-corrected chi connectivity index (χ3v) is 4.56. The Bertz CT molecular complexity index is 715. The Kier molecular flexibility index (Phi) is 7.16. The molecule has 154 valence electrons. The first-order valence-corrected chi connectivity index (χ1v) is 9.42. The van der Waals surface area contributed by atoms with Crippen LogP contribution in [-0.2, 0) is 9.53 Å². The Labute approximate surface area is 164 Å². The third kappa shape index (κ3) is 6.32. The molecule has 1 aliphatic rings. The van der Waals surface area contributed by atoms with E-state index in [9.17, 15) is 18.4 Å². The lowest BCUT2D eigenvalue weighted by molar-refractivity contribution is -0.127. The van der Waals surface area contributed by atoms with E-state index in [4.69, 9.17) is 4.74 Å². The van der Waals surface area contributed by atoms with E-state index in [2.05, 4.69) is 0 Å². The van der Waals surface area contributed by atoms with Crippen LogP contribution in [0.2, 0.25) is 0 Å². The van der Waals surface area contributed by atoms with E-state index in [-0.39, 0.29) is 23.5 Å². The molecule has 2 amide bonds. The minimum atomic E-state index is -0.701. The van der Waals surface area contributed by atoms with E-state index in [1.807, 2.05) is 20.8 Å². The summed E-state index contributed by atoms with van der Waals surface area (Å²) in [6.45, 7) is 7.11. The highest BCUT2D eigenvalue weighted by molar-refractivity contribution is 5.91. The maximum atomic E-state index is 13.6. The molecule has 1 aromatic carbocycles. The number of likely N-dealkylation sites (tertiary alicyclic amines) is 1. The summed E-state index contributed by atoms with van der Waals surface area (Å²) in [5, 5.41) is 0. The molecule has 0 saturated carbocycles. The second kappa shape index (κ2) is 9.17. The number of carbonyl (C=O) groups is 2. The fourth-order valence-electron chi connectivity index (χ4n) is 3.07. The Morgan fingerprint density at radius 1 is 1.21 bits per heavy atom. The van der Waals surface area contributed by atoms with Crippen molar-refractivity contribution in [1.82, 2.24) is 9.80 Å². The van der Waals surface area contributed by atoms with Gasteiger partial charge in [0.15, 0.2) is 0 Å². The van der Waals surface area contributed by atoms with Gasteiger partial charge in [-0.15, -0.1) is 0 Å². The average molecular weight is 394 g/mol. The molecule has 28 heavy (non-hydrogen) atoms. The summed E-state index contributed by atoms with van der Waals surface area (Å²) in [4.78, 5) is 27.6. The highest BCUT2D eigenvalue weighted by Crippen LogP contribution is 2.20. The van der Waals surface area contributed by atoms with Gasteiger partial charge in [-0.05, 0) is 57.7 Å². The molecule has 1 aromatic rings. The third-order valence-electron chi connectivity index (χ3n) is 4.56. The van der Waals surface area contributed by atoms with Gasteiger partial charge in [0.25, 0.3) is 0 Å². The summed E-state index contributed by atoms with van der Waals surface area (Å²) in [7, 11) is 1.71. The molecule has 2 rings (SSSR count). The lowest BCUT2D eigenvalue weighted by atomic mass is 9.96. The van der Waals surface area contributed by atoms with Crippen molar-refractivity contribution in [2.75, 3.05) is 26.7 Å². The molecule has 1 heterocycles. The van der Waals surface area contributed by atoms with Crippen molar-refractivity contribution < 1.29 is 23.1 Å². The van der Waals surface area contributed by atoms with Crippen LogP contribution in [0.4, 0.5) is 13.6 Å². The molecule has 1 fully saturated rings. The number of benzene rings is 1. The molecule has 0 radical (unpaired) electrons. The standard InChI is InChI=1S/C21H28F2N2O3/c1-21(2,3)28-20(27)24(4)14-15-10-12-25(13-11-15)19(26)9-8-16-17(22)6-5-7-18(16)23/h5-9,15H,10-14H2,1-4H3. The van der Waals surface area contributed by atoms with E-state index in [0.717, 1.165) is 25.0 Å². The summed E-state index contributed by atoms with van der Waals surface area (Å²) in [5.74, 6) is -1.41. The van der Waals surface area contributed by atoms with Gasteiger partial charge in [-0.25, -0.2) is 13.6 Å². The second-order valence-corrected chi connectivity index (χ2v) is 8.10. The molecule has 0 spiro atoms. The Morgan fingerprint density at radius 2 is 1.79 bits per heavy atom. The van der Waals surface area contributed by atoms with Crippen LogP contribution in [0.1, 0.15) is 39.2 Å². The number of nitrogens with zero attached hydrogens (tertiary/aromatic N) is 2. The number of piperidine rings is 1. The SMILES string of the molecule is CN(CC1CCN(C(=O)C=Cc2c(F)cccc2F)CC1)C(=O)OC(C)(C)C. The van der Waals surface area contributed by atoms with Gasteiger partial charge in [-0.1, -0.05) is 6.07 Å². The summed E-state index contributed by atoms with van der Waals surface area (Å²) in [5.41, 5.74) is -0.754. The van der Waals surface area contributed by atoms with Crippen molar-refractivity contribution >= 4 is 18.1 Å². The zero-order valence-electron chi connectivity index (χ0n) is 16.9. The van der Waals surface area contributed by atoms with E-state index in [1.165, 1.54) is 18.2 Å². The second-order valence-electron chi connectivity index (χ2n) is 8.10. The van der Waals surface area contributed by atoms with Crippen LogP contribution in [0.5, 0.6) is 0 Å². The Hall–Kier alpha value is -2.44. The van der Waals surface area contributed by atoms with Gasteiger partial charge in [0.2, 0.25) is 5.91 Å². The molecule has 1 saturated heterocycles. The van der Waals surface area contributed by atoms with Crippen molar-refractivity contribution in [1.29, 1.82) is 0 Å².